The Kier molecular flexibility index (Phi) is 2.67. The van der Waals surface area contributed by atoms with Crippen LogP contribution in [0.25, 0.3) is 0 Å². The van der Waals surface area contributed by atoms with Gasteiger partial charge in [-0.2, -0.15) is 5.26 Å². The summed E-state index contributed by atoms with van der Waals surface area (Å²) in [4.78, 5) is 2.21. The molecular formula is C9H14N2. The molecule has 0 radical (unpaired) electrons. The van der Waals surface area contributed by atoms with Crippen molar-refractivity contribution < 1.29 is 0 Å². The van der Waals surface area contributed by atoms with Gasteiger partial charge in [-0.1, -0.05) is 12.2 Å². The minimum absolute atomic E-state index is 0.205. The van der Waals surface area contributed by atoms with Crippen molar-refractivity contribution >= 4 is 0 Å². The van der Waals surface area contributed by atoms with Gasteiger partial charge in [-0.3, -0.25) is 0 Å². The van der Waals surface area contributed by atoms with Crippen molar-refractivity contribution in [2.45, 2.75) is 6.92 Å². The zero-order valence-corrected chi connectivity index (χ0v) is 7.12. The van der Waals surface area contributed by atoms with Crippen molar-refractivity contribution in [1.29, 1.82) is 5.26 Å². The lowest BCUT2D eigenvalue weighted by atomic mass is 9.97. The Morgan fingerprint density at radius 1 is 1.55 bits per heavy atom. The van der Waals surface area contributed by atoms with Crippen LogP contribution < -0.4 is 0 Å². The summed E-state index contributed by atoms with van der Waals surface area (Å²) < 4.78 is 0. The summed E-state index contributed by atoms with van der Waals surface area (Å²) in [5, 5.41) is 8.77. The van der Waals surface area contributed by atoms with Crippen LogP contribution in [0.15, 0.2) is 12.2 Å². The zero-order chi connectivity index (χ0) is 8.27. The molecular weight excluding hydrogens is 136 g/mol. The predicted octanol–water partition coefficient (Wildman–Crippen LogP) is 1.26. The van der Waals surface area contributed by atoms with E-state index in [4.69, 9.17) is 5.26 Å². The van der Waals surface area contributed by atoms with Crippen molar-refractivity contribution in [3.63, 3.8) is 0 Å². The van der Waals surface area contributed by atoms with Crippen LogP contribution in [0.3, 0.4) is 0 Å². The first kappa shape index (κ1) is 8.29. The van der Waals surface area contributed by atoms with E-state index in [1.54, 1.807) is 0 Å². The summed E-state index contributed by atoms with van der Waals surface area (Å²) in [6.07, 6.45) is 4.17. The summed E-state index contributed by atoms with van der Waals surface area (Å²) >= 11 is 0. The molecule has 2 nitrogen and oxygen atoms in total. The van der Waals surface area contributed by atoms with Crippen molar-refractivity contribution in [1.82, 2.24) is 4.90 Å². The molecule has 0 spiro atoms. The fraction of sp³-hybridized carbons (Fsp3) is 0.667. The summed E-state index contributed by atoms with van der Waals surface area (Å²) in [6.45, 7) is 3.96. The van der Waals surface area contributed by atoms with Crippen LogP contribution in [-0.2, 0) is 0 Å². The molecule has 1 fully saturated rings. The molecule has 2 heteroatoms. The minimum atomic E-state index is 0.205. The van der Waals surface area contributed by atoms with E-state index < -0.39 is 0 Å². The second kappa shape index (κ2) is 3.54. The molecule has 60 valence electrons. The molecule has 0 aromatic rings. The van der Waals surface area contributed by atoms with Gasteiger partial charge in [0.2, 0.25) is 0 Å². The first-order valence-corrected chi connectivity index (χ1v) is 3.99. The quantitative estimate of drug-likeness (QED) is 0.526. The second-order valence-corrected chi connectivity index (χ2v) is 3.15. The van der Waals surface area contributed by atoms with E-state index in [1.165, 1.54) is 0 Å². The minimum Gasteiger partial charge on any atom is -0.304 e. The average molecular weight is 150 g/mol. The summed E-state index contributed by atoms with van der Waals surface area (Å²) in [6, 6.07) is 2.34. The smallest absolute Gasteiger partial charge is 0.0676 e. The number of nitrogens with zero attached hydrogens (tertiary/aromatic N) is 2. The standard InChI is InChI=1S/C9H14N2/c1-3-4-8-6-11(2)7-9(8)5-10/h3-4,8-9H,6-7H2,1-2H3/b4-3+/t8-,9+/m1/s1. The number of rotatable bonds is 1. The van der Waals surface area contributed by atoms with Gasteiger partial charge in [0.15, 0.2) is 0 Å². The Labute approximate surface area is 68.1 Å². The maximum absolute atomic E-state index is 8.77. The number of allylic oxidation sites excluding steroid dienone is 1. The molecule has 0 bridgehead atoms. The lowest BCUT2D eigenvalue weighted by Crippen LogP contribution is -2.13. The molecule has 0 aromatic carbocycles. The monoisotopic (exact) mass is 150 g/mol. The Balaban J connectivity index is 2.59. The third kappa shape index (κ3) is 1.81. The van der Waals surface area contributed by atoms with Crippen LogP contribution in [0.2, 0.25) is 0 Å². The van der Waals surface area contributed by atoms with Crippen LogP contribution >= 0.6 is 0 Å². The van der Waals surface area contributed by atoms with Gasteiger partial charge in [0.1, 0.15) is 0 Å². The van der Waals surface area contributed by atoms with Crippen molar-refractivity contribution in [3.8, 4) is 6.07 Å². The molecule has 0 aliphatic carbocycles. The Bertz CT molecular complexity index is 190. The molecule has 1 aliphatic heterocycles. The maximum atomic E-state index is 8.77. The van der Waals surface area contributed by atoms with Gasteiger partial charge in [0.05, 0.1) is 12.0 Å². The van der Waals surface area contributed by atoms with Gasteiger partial charge in [0.25, 0.3) is 0 Å². The van der Waals surface area contributed by atoms with Crippen molar-refractivity contribution in [2.24, 2.45) is 11.8 Å². The summed E-state index contributed by atoms with van der Waals surface area (Å²) in [5.74, 6) is 0.659. The maximum Gasteiger partial charge on any atom is 0.0676 e. The molecule has 11 heavy (non-hydrogen) atoms. The highest BCUT2D eigenvalue weighted by Gasteiger charge is 2.28. The highest BCUT2D eigenvalue weighted by Crippen LogP contribution is 2.22. The van der Waals surface area contributed by atoms with Crippen LogP contribution in [0.4, 0.5) is 0 Å². The number of nitriles is 1. The zero-order valence-electron chi connectivity index (χ0n) is 7.12. The van der Waals surface area contributed by atoms with Crippen LogP contribution in [-0.4, -0.2) is 25.0 Å². The second-order valence-electron chi connectivity index (χ2n) is 3.15. The summed E-state index contributed by atoms with van der Waals surface area (Å²) in [7, 11) is 2.06. The first-order valence-electron chi connectivity index (χ1n) is 3.99. The van der Waals surface area contributed by atoms with Gasteiger partial charge >= 0.3 is 0 Å². The lowest BCUT2D eigenvalue weighted by molar-refractivity contribution is 0.404. The molecule has 1 heterocycles. The highest BCUT2D eigenvalue weighted by molar-refractivity contribution is 5.03. The molecule has 0 N–H and O–H groups in total. The van der Waals surface area contributed by atoms with Crippen LogP contribution in [0.5, 0.6) is 0 Å². The van der Waals surface area contributed by atoms with E-state index in [9.17, 15) is 0 Å². The number of hydrogen-bond acceptors (Lipinski definition) is 2. The molecule has 1 rings (SSSR count). The molecule has 0 amide bonds. The van der Waals surface area contributed by atoms with Gasteiger partial charge in [-0.15, -0.1) is 0 Å². The van der Waals surface area contributed by atoms with Crippen LogP contribution in [0, 0.1) is 23.2 Å². The number of hydrogen-bond donors (Lipinski definition) is 0. The molecule has 1 aliphatic rings. The fourth-order valence-electron chi connectivity index (χ4n) is 1.61. The van der Waals surface area contributed by atoms with E-state index >= 15 is 0 Å². The van der Waals surface area contributed by atoms with E-state index in [-0.39, 0.29) is 5.92 Å². The average Bonchev–Trinajstić information content (AvgIpc) is 2.32. The largest absolute Gasteiger partial charge is 0.304 e. The summed E-state index contributed by atoms with van der Waals surface area (Å²) in [5.41, 5.74) is 0. The molecule has 0 saturated carbocycles. The SMILES string of the molecule is C/C=C/[C@@H]1CN(C)C[C@@H]1C#N. The third-order valence-corrected chi connectivity index (χ3v) is 2.15. The first-order chi connectivity index (χ1) is 5.27. The molecule has 0 unspecified atom stereocenters. The Hall–Kier alpha value is -0.810. The third-order valence-electron chi connectivity index (χ3n) is 2.15. The van der Waals surface area contributed by atoms with Gasteiger partial charge in [0, 0.05) is 19.0 Å². The normalized spacial score (nSPS) is 32.8. The fourth-order valence-corrected chi connectivity index (χ4v) is 1.61. The van der Waals surface area contributed by atoms with E-state index in [2.05, 4.69) is 24.1 Å². The van der Waals surface area contributed by atoms with Crippen molar-refractivity contribution in [3.05, 3.63) is 12.2 Å². The van der Waals surface area contributed by atoms with Crippen LogP contribution in [0.1, 0.15) is 6.92 Å². The Morgan fingerprint density at radius 2 is 2.27 bits per heavy atom. The highest BCUT2D eigenvalue weighted by atomic mass is 15.1. The predicted molar refractivity (Wildman–Crippen MR) is 44.9 cm³/mol. The number of likely N-dealkylation sites (tertiary alicyclic amines) is 1. The van der Waals surface area contributed by atoms with E-state index in [0.29, 0.717) is 5.92 Å². The molecule has 2 atom stereocenters. The Morgan fingerprint density at radius 3 is 2.82 bits per heavy atom. The van der Waals surface area contributed by atoms with Gasteiger partial charge in [-0.25, -0.2) is 0 Å². The topological polar surface area (TPSA) is 27.0 Å². The van der Waals surface area contributed by atoms with E-state index in [0.717, 1.165) is 13.1 Å². The molecule has 1 saturated heterocycles. The molecule has 0 aromatic heterocycles. The van der Waals surface area contributed by atoms with E-state index in [1.807, 2.05) is 13.0 Å². The lowest BCUT2D eigenvalue weighted by Gasteiger charge is -2.04. The van der Waals surface area contributed by atoms with Gasteiger partial charge in [-0.05, 0) is 14.0 Å². The van der Waals surface area contributed by atoms with Gasteiger partial charge < -0.3 is 4.90 Å². The van der Waals surface area contributed by atoms with Crippen molar-refractivity contribution in [2.75, 3.05) is 20.1 Å².